The van der Waals surface area contributed by atoms with Crippen LogP contribution in [0.25, 0.3) is 0 Å². The second-order valence-corrected chi connectivity index (χ2v) is 6.24. The molecule has 0 bridgehead atoms. The van der Waals surface area contributed by atoms with Crippen LogP contribution in [0, 0.1) is 4.64 Å². The summed E-state index contributed by atoms with van der Waals surface area (Å²) in [4.78, 5) is 13.0. The number of hydrogen-bond acceptors (Lipinski definition) is 4. The minimum absolute atomic E-state index is 0.340. The van der Waals surface area contributed by atoms with Gasteiger partial charge < -0.3 is 9.88 Å². The van der Waals surface area contributed by atoms with Gasteiger partial charge in [0.1, 0.15) is 10.5 Å². The van der Waals surface area contributed by atoms with Gasteiger partial charge in [-0.3, -0.25) is 4.90 Å². The van der Waals surface area contributed by atoms with Crippen molar-refractivity contribution in [1.82, 2.24) is 19.8 Å². The Bertz CT molecular complexity index is 525. The zero-order valence-corrected chi connectivity index (χ0v) is 12.6. The Morgan fingerprint density at radius 3 is 2.84 bits per heavy atom. The van der Waals surface area contributed by atoms with Gasteiger partial charge in [-0.05, 0) is 39.8 Å². The van der Waals surface area contributed by atoms with Crippen molar-refractivity contribution >= 4 is 12.2 Å². The van der Waals surface area contributed by atoms with Crippen LogP contribution < -0.4 is 0 Å². The summed E-state index contributed by atoms with van der Waals surface area (Å²) in [6, 6.07) is 0.340. The van der Waals surface area contributed by atoms with E-state index in [0.717, 1.165) is 42.9 Å². The number of nitrogens with one attached hydrogen (secondary N) is 1. The average molecular weight is 278 g/mol. The van der Waals surface area contributed by atoms with Crippen molar-refractivity contribution in [2.45, 2.75) is 31.7 Å². The van der Waals surface area contributed by atoms with Gasteiger partial charge in [-0.25, -0.2) is 4.98 Å². The van der Waals surface area contributed by atoms with Crippen LogP contribution in [0.15, 0.2) is 0 Å². The molecule has 0 aromatic carbocycles. The predicted molar refractivity (Wildman–Crippen MR) is 78.9 cm³/mol. The van der Waals surface area contributed by atoms with E-state index in [-0.39, 0.29) is 0 Å². The van der Waals surface area contributed by atoms with Crippen LogP contribution in [-0.4, -0.2) is 53.5 Å². The van der Waals surface area contributed by atoms with Crippen molar-refractivity contribution < 1.29 is 0 Å². The minimum Gasteiger partial charge on any atom is -0.345 e. The van der Waals surface area contributed by atoms with Gasteiger partial charge in [0.2, 0.25) is 0 Å². The highest BCUT2D eigenvalue weighted by Gasteiger charge is 2.26. The summed E-state index contributed by atoms with van der Waals surface area (Å²) in [7, 11) is 4.35. The van der Waals surface area contributed by atoms with E-state index in [4.69, 9.17) is 12.2 Å². The van der Waals surface area contributed by atoms with Gasteiger partial charge in [-0.1, -0.05) is 12.2 Å². The molecule has 1 atom stereocenters. The Labute approximate surface area is 119 Å². The van der Waals surface area contributed by atoms with Gasteiger partial charge in [0.05, 0.1) is 6.04 Å². The predicted octanol–water partition coefficient (Wildman–Crippen LogP) is 1.94. The monoisotopic (exact) mass is 278 g/mol. The Balaban J connectivity index is 1.96. The number of piperazine rings is 1. The van der Waals surface area contributed by atoms with Crippen molar-refractivity contribution in [2.75, 3.05) is 33.7 Å². The molecule has 1 aliphatic heterocycles. The third-order valence-electron chi connectivity index (χ3n) is 4.39. The van der Waals surface area contributed by atoms with Gasteiger partial charge in [-0.15, -0.1) is 0 Å². The molecule has 2 aliphatic rings. The first-order valence-electron chi connectivity index (χ1n) is 7.16. The summed E-state index contributed by atoms with van der Waals surface area (Å²) in [5, 5.41) is 0. The molecular weight excluding hydrogens is 256 g/mol. The molecule has 5 heteroatoms. The van der Waals surface area contributed by atoms with Gasteiger partial charge in [0.25, 0.3) is 0 Å². The molecule has 0 amide bonds. The first kappa shape index (κ1) is 13.2. The van der Waals surface area contributed by atoms with Crippen molar-refractivity contribution in [3.63, 3.8) is 0 Å². The molecule has 104 valence electrons. The first-order chi connectivity index (χ1) is 9.15. The van der Waals surface area contributed by atoms with Gasteiger partial charge in [0, 0.05) is 30.9 Å². The highest BCUT2D eigenvalue weighted by molar-refractivity contribution is 7.71. The second kappa shape index (κ2) is 5.31. The fourth-order valence-electron chi connectivity index (χ4n) is 3.10. The summed E-state index contributed by atoms with van der Waals surface area (Å²) in [6.07, 6.45) is 4.73. The lowest BCUT2D eigenvalue weighted by Crippen LogP contribution is -2.45. The number of rotatable bonds is 1. The molecular formula is C14H22N4S. The summed E-state index contributed by atoms with van der Waals surface area (Å²) >= 11 is 5.50. The van der Waals surface area contributed by atoms with Crippen molar-refractivity contribution in [3.05, 3.63) is 21.7 Å². The molecule has 1 saturated heterocycles. The number of nitrogens with zero attached hydrogens (tertiary/aromatic N) is 3. The highest BCUT2D eigenvalue weighted by atomic mass is 32.1. The number of H-pyrrole nitrogens is 1. The molecule has 4 nitrogen and oxygen atoms in total. The fourth-order valence-corrected chi connectivity index (χ4v) is 3.43. The zero-order chi connectivity index (χ0) is 13.4. The molecule has 1 aliphatic carbocycles. The van der Waals surface area contributed by atoms with E-state index >= 15 is 0 Å². The van der Waals surface area contributed by atoms with Gasteiger partial charge in [0.15, 0.2) is 0 Å². The smallest absolute Gasteiger partial charge is 0.133 e. The molecule has 2 heterocycles. The Kier molecular flexibility index (Phi) is 3.69. The number of aryl methyl sites for hydroxylation is 1. The lowest BCUT2D eigenvalue weighted by Gasteiger charge is -2.37. The van der Waals surface area contributed by atoms with Crippen molar-refractivity contribution in [3.8, 4) is 0 Å². The molecule has 0 radical (unpaired) electrons. The highest BCUT2D eigenvalue weighted by Crippen LogP contribution is 2.25. The lowest BCUT2D eigenvalue weighted by molar-refractivity contribution is 0.109. The number of likely N-dealkylation sites (N-methyl/N-ethyl adjacent to an activating group) is 2. The largest absolute Gasteiger partial charge is 0.345 e. The van der Waals surface area contributed by atoms with Gasteiger partial charge in [-0.2, -0.15) is 0 Å². The first-order valence-corrected chi connectivity index (χ1v) is 7.56. The third-order valence-corrected chi connectivity index (χ3v) is 4.73. The molecule has 1 unspecified atom stereocenters. The Morgan fingerprint density at radius 1 is 1.21 bits per heavy atom. The molecule has 1 aromatic heterocycles. The average Bonchev–Trinajstić information content (AvgIpc) is 2.41. The van der Waals surface area contributed by atoms with E-state index in [1.54, 1.807) is 0 Å². The minimum atomic E-state index is 0.340. The molecule has 0 spiro atoms. The lowest BCUT2D eigenvalue weighted by atomic mass is 9.97. The van der Waals surface area contributed by atoms with Crippen LogP contribution in [0.2, 0.25) is 0 Å². The molecule has 3 rings (SSSR count). The van der Waals surface area contributed by atoms with Crippen LogP contribution >= 0.6 is 12.2 Å². The topological polar surface area (TPSA) is 35.2 Å². The van der Waals surface area contributed by atoms with Crippen LogP contribution in [0.4, 0.5) is 0 Å². The second-order valence-electron chi connectivity index (χ2n) is 5.85. The number of aromatic amines is 1. The maximum atomic E-state index is 5.50. The maximum absolute atomic E-state index is 5.50. The summed E-state index contributed by atoms with van der Waals surface area (Å²) in [6.45, 7) is 3.23. The quantitative estimate of drug-likeness (QED) is 0.796. The summed E-state index contributed by atoms with van der Waals surface area (Å²) < 4.78 is 0.824. The molecule has 19 heavy (non-hydrogen) atoms. The van der Waals surface area contributed by atoms with E-state index in [1.807, 2.05) is 0 Å². The number of fused-ring (bicyclic) bond motifs is 1. The Morgan fingerprint density at radius 2 is 2.00 bits per heavy atom. The van der Waals surface area contributed by atoms with Crippen LogP contribution in [-0.2, 0) is 12.8 Å². The maximum Gasteiger partial charge on any atom is 0.133 e. The van der Waals surface area contributed by atoms with Crippen LogP contribution in [0.3, 0.4) is 0 Å². The number of aromatic nitrogens is 2. The zero-order valence-electron chi connectivity index (χ0n) is 11.8. The molecule has 0 saturated carbocycles. The standard InChI is InChI=1S/C14H22N4S/c1-17-7-8-18(2)12(9-17)13-15-11-6-4-3-5-10(11)14(19)16-13/h12H,3-9H2,1-2H3,(H,15,16,19). The summed E-state index contributed by atoms with van der Waals surface area (Å²) in [5.41, 5.74) is 2.62. The fraction of sp³-hybridized carbons (Fsp3) is 0.714. The van der Waals surface area contributed by atoms with Crippen LogP contribution in [0.1, 0.15) is 36.0 Å². The SMILES string of the molecule is CN1CCN(C)C(c2nc(=S)c3c([nH]2)CCCC3)C1. The van der Waals surface area contributed by atoms with E-state index < -0.39 is 0 Å². The van der Waals surface area contributed by atoms with E-state index in [2.05, 4.69) is 33.9 Å². The molecule has 1 aromatic rings. The van der Waals surface area contributed by atoms with Crippen molar-refractivity contribution in [2.24, 2.45) is 0 Å². The number of hydrogen-bond donors (Lipinski definition) is 1. The van der Waals surface area contributed by atoms with E-state index in [0.29, 0.717) is 6.04 Å². The van der Waals surface area contributed by atoms with Crippen molar-refractivity contribution in [1.29, 1.82) is 0 Å². The van der Waals surface area contributed by atoms with E-state index in [9.17, 15) is 0 Å². The molecule has 1 fully saturated rings. The third kappa shape index (κ3) is 2.59. The normalized spacial score (nSPS) is 25.3. The van der Waals surface area contributed by atoms with Crippen LogP contribution in [0.5, 0.6) is 0 Å². The molecule has 1 N–H and O–H groups in total. The summed E-state index contributed by atoms with van der Waals surface area (Å²) in [5.74, 6) is 1.06. The van der Waals surface area contributed by atoms with Gasteiger partial charge >= 0.3 is 0 Å². The van der Waals surface area contributed by atoms with E-state index in [1.165, 1.54) is 24.1 Å². The Hall–Kier alpha value is -0.780.